The molecule has 0 spiro atoms. The molecule has 4 N–H and O–H groups in total. The van der Waals surface area contributed by atoms with E-state index in [0.29, 0.717) is 68.4 Å². The average Bonchev–Trinajstić information content (AvgIpc) is 3.49. The van der Waals surface area contributed by atoms with Crippen molar-refractivity contribution in [2.75, 3.05) is 27.3 Å². The van der Waals surface area contributed by atoms with Crippen molar-refractivity contribution in [2.24, 2.45) is 0 Å². The van der Waals surface area contributed by atoms with Crippen LogP contribution in [0.15, 0.2) is 54.7 Å². The van der Waals surface area contributed by atoms with Crippen LogP contribution in [0, 0.1) is 5.82 Å². The first-order valence-electron chi connectivity index (χ1n) is 15.5. The molecule has 2 aromatic heterocycles. The summed E-state index contributed by atoms with van der Waals surface area (Å²) < 4.78 is 26.4. The number of ether oxygens (including phenoxy) is 2. The molecule has 0 radical (unpaired) electrons. The second kappa shape index (κ2) is 15.8. The molecule has 1 aliphatic rings. The largest absolute Gasteiger partial charge is 0.496 e. The summed E-state index contributed by atoms with van der Waals surface area (Å²) in [6, 6.07) is 13.3. The van der Waals surface area contributed by atoms with Crippen LogP contribution < -0.4 is 20.1 Å². The lowest BCUT2D eigenvalue weighted by molar-refractivity contribution is -0.119. The molecule has 5 rings (SSSR count). The van der Waals surface area contributed by atoms with Crippen LogP contribution in [0.3, 0.4) is 0 Å². The number of pyridine rings is 2. The van der Waals surface area contributed by atoms with Gasteiger partial charge in [0.2, 0.25) is 11.8 Å². The smallest absolute Gasteiger partial charge is 0.407 e. The minimum absolute atomic E-state index is 0.00602. The molecule has 1 saturated heterocycles. The molecule has 14 heteroatoms. The molecule has 0 saturated carbocycles. The summed E-state index contributed by atoms with van der Waals surface area (Å²) in [4.78, 5) is 34.0. The third kappa shape index (κ3) is 8.22. The third-order valence-electron chi connectivity index (χ3n) is 8.13. The number of methoxy groups -OCH3 is 2. The van der Waals surface area contributed by atoms with Gasteiger partial charge in [0.25, 0.3) is 0 Å². The van der Waals surface area contributed by atoms with Crippen LogP contribution >= 0.6 is 23.2 Å². The van der Waals surface area contributed by atoms with Crippen LogP contribution in [0.4, 0.5) is 9.18 Å². The summed E-state index contributed by atoms with van der Waals surface area (Å²) in [5, 5.41) is 25.8. The number of aromatic nitrogens is 2. The first kappa shape index (κ1) is 35.8. The molecular formula is C35H36Cl2FN5O6. The van der Waals surface area contributed by atoms with E-state index < -0.39 is 18.0 Å². The fraction of sp³-hybridized carbons (Fsp3) is 0.314. The van der Waals surface area contributed by atoms with E-state index in [9.17, 15) is 19.8 Å². The van der Waals surface area contributed by atoms with Gasteiger partial charge >= 0.3 is 6.09 Å². The maximum atomic E-state index is 15.3. The van der Waals surface area contributed by atoms with Gasteiger partial charge in [0, 0.05) is 71.7 Å². The van der Waals surface area contributed by atoms with E-state index in [1.54, 1.807) is 55.6 Å². The lowest BCUT2D eigenvalue weighted by Gasteiger charge is -2.23. The van der Waals surface area contributed by atoms with Crippen molar-refractivity contribution in [1.82, 2.24) is 25.5 Å². The average molecular weight is 713 g/mol. The molecule has 2 amide bonds. The maximum absolute atomic E-state index is 15.3. The van der Waals surface area contributed by atoms with Crippen LogP contribution in [0.25, 0.3) is 33.6 Å². The number of hydrogen-bond acceptors (Lipinski definition) is 8. The molecular weight excluding hydrogens is 676 g/mol. The van der Waals surface area contributed by atoms with Crippen LogP contribution in [-0.4, -0.2) is 76.5 Å². The quantitative estimate of drug-likeness (QED) is 0.128. The number of carbonyl (C=O) groups excluding carboxylic acids is 1. The lowest BCUT2D eigenvalue weighted by Crippen LogP contribution is -2.41. The number of aliphatic hydroxyl groups excluding tert-OH is 1. The Morgan fingerprint density at radius 1 is 1.12 bits per heavy atom. The topological polar surface area (TPSA) is 146 Å². The molecule has 2 aromatic carbocycles. The molecule has 3 heterocycles. The Balaban J connectivity index is 1.44. The van der Waals surface area contributed by atoms with Crippen molar-refractivity contribution in [1.29, 1.82) is 0 Å². The number of halogens is 3. The number of nitrogens with zero attached hydrogens (tertiary/aromatic N) is 3. The summed E-state index contributed by atoms with van der Waals surface area (Å²) in [5.41, 5.74) is 3.77. The first-order chi connectivity index (χ1) is 23.5. The summed E-state index contributed by atoms with van der Waals surface area (Å²) in [7, 11) is 2.90. The monoisotopic (exact) mass is 711 g/mol. The highest BCUT2D eigenvalue weighted by molar-refractivity contribution is 6.39. The number of amides is 2. The highest BCUT2D eigenvalue weighted by atomic mass is 35.5. The predicted molar refractivity (Wildman–Crippen MR) is 184 cm³/mol. The zero-order chi connectivity index (χ0) is 35.2. The number of carbonyl (C=O) groups is 2. The van der Waals surface area contributed by atoms with Crippen molar-refractivity contribution in [2.45, 2.75) is 45.0 Å². The van der Waals surface area contributed by atoms with Crippen molar-refractivity contribution in [3.8, 4) is 45.3 Å². The Kier molecular flexibility index (Phi) is 11.6. The molecule has 4 aromatic rings. The summed E-state index contributed by atoms with van der Waals surface area (Å²) in [6.45, 7) is 2.22. The van der Waals surface area contributed by atoms with Crippen molar-refractivity contribution in [3.63, 3.8) is 0 Å². The van der Waals surface area contributed by atoms with Crippen molar-refractivity contribution in [3.05, 3.63) is 81.7 Å². The number of rotatable bonds is 13. The third-order valence-corrected chi connectivity index (χ3v) is 8.92. The van der Waals surface area contributed by atoms with Gasteiger partial charge < -0.3 is 35.2 Å². The normalized spacial score (nSPS) is 14.8. The summed E-state index contributed by atoms with van der Waals surface area (Å²) >= 11 is 13.9. The molecule has 2 unspecified atom stereocenters. The fourth-order valence-corrected chi connectivity index (χ4v) is 6.36. The van der Waals surface area contributed by atoms with E-state index in [-0.39, 0.29) is 49.0 Å². The van der Waals surface area contributed by atoms with Gasteiger partial charge in [-0.3, -0.25) is 9.78 Å². The number of aliphatic hydroxyl groups is 1. The van der Waals surface area contributed by atoms with E-state index in [2.05, 4.69) is 20.6 Å². The van der Waals surface area contributed by atoms with Gasteiger partial charge in [0.1, 0.15) is 11.6 Å². The Morgan fingerprint density at radius 3 is 2.55 bits per heavy atom. The second-order valence-electron chi connectivity index (χ2n) is 11.6. The highest BCUT2D eigenvalue weighted by Gasteiger charge is 2.26. The minimum atomic E-state index is -1.13. The maximum Gasteiger partial charge on any atom is 0.407 e. The van der Waals surface area contributed by atoms with E-state index >= 15 is 4.39 Å². The Hall–Kier alpha value is -4.49. The minimum Gasteiger partial charge on any atom is -0.496 e. The van der Waals surface area contributed by atoms with Gasteiger partial charge in [-0.15, -0.1) is 0 Å². The molecule has 11 nitrogen and oxygen atoms in total. The van der Waals surface area contributed by atoms with Crippen LogP contribution in [-0.2, 0) is 17.9 Å². The van der Waals surface area contributed by atoms with Crippen LogP contribution in [0.1, 0.15) is 30.9 Å². The van der Waals surface area contributed by atoms with E-state index in [1.807, 2.05) is 0 Å². The number of benzene rings is 2. The molecule has 1 aliphatic heterocycles. The Labute approximate surface area is 293 Å². The van der Waals surface area contributed by atoms with E-state index in [4.69, 9.17) is 32.7 Å². The Morgan fingerprint density at radius 2 is 1.88 bits per heavy atom. The van der Waals surface area contributed by atoms with E-state index in [0.717, 1.165) is 0 Å². The van der Waals surface area contributed by atoms with Gasteiger partial charge in [-0.1, -0.05) is 41.4 Å². The second-order valence-corrected chi connectivity index (χ2v) is 12.4. The summed E-state index contributed by atoms with van der Waals surface area (Å²) in [6.07, 6.45) is 0.779. The molecule has 1 fully saturated rings. The first-order valence-corrected chi connectivity index (χ1v) is 16.3. The highest BCUT2D eigenvalue weighted by Crippen LogP contribution is 2.42. The standard InChI is InChI=1S/C35H36Cl2FN5O6/c1-19(44)15-39-16-26-27(38)13-21(14-29(26)48-2)33-32(37)24(11-12-40-33)23-5-4-6-25(31(23)36)28-9-7-20(34(42-28)49-3)17-43(35(46)47)18-22-8-10-30(45)41-22/h4-7,9,11-14,19,22,39,44H,8,10,15-18H2,1-3H3,(H,41,45)(H,46,47). The van der Waals surface area contributed by atoms with Gasteiger partial charge in [-0.05, 0) is 43.7 Å². The molecule has 2 atom stereocenters. The van der Waals surface area contributed by atoms with E-state index in [1.165, 1.54) is 25.2 Å². The zero-order valence-electron chi connectivity index (χ0n) is 27.1. The van der Waals surface area contributed by atoms with Crippen molar-refractivity contribution < 1.29 is 33.7 Å². The van der Waals surface area contributed by atoms with Gasteiger partial charge in [-0.25, -0.2) is 14.2 Å². The number of carboxylic acid groups (broad SMARTS) is 1. The van der Waals surface area contributed by atoms with Gasteiger partial charge in [-0.2, -0.15) is 0 Å². The van der Waals surface area contributed by atoms with Crippen LogP contribution in [0.2, 0.25) is 10.0 Å². The zero-order valence-corrected chi connectivity index (χ0v) is 28.6. The van der Waals surface area contributed by atoms with Gasteiger partial charge in [0.15, 0.2) is 0 Å². The predicted octanol–water partition coefficient (Wildman–Crippen LogP) is 6.17. The Bertz CT molecular complexity index is 1860. The SMILES string of the molecule is COc1cc(-c2nccc(-c3cccc(-c4ccc(CN(CC5CCC(=O)N5)C(=O)O)c(OC)n4)c3Cl)c2Cl)cc(F)c1CNCC(C)O. The number of hydrogen-bond donors (Lipinski definition) is 4. The molecule has 0 aliphatic carbocycles. The van der Waals surface area contributed by atoms with Gasteiger partial charge in [0.05, 0.1) is 48.3 Å². The number of nitrogens with one attached hydrogen (secondary N) is 2. The molecule has 258 valence electrons. The molecule has 0 bridgehead atoms. The molecule has 49 heavy (non-hydrogen) atoms. The van der Waals surface area contributed by atoms with Crippen LogP contribution in [0.5, 0.6) is 11.6 Å². The fourth-order valence-electron chi connectivity index (χ4n) is 5.71. The van der Waals surface area contributed by atoms with Crippen molar-refractivity contribution >= 4 is 35.2 Å². The summed E-state index contributed by atoms with van der Waals surface area (Å²) in [5.74, 6) is -0.0816. The lowest BCUT2D eigenvalue weighted by atomic mass is 9.99.